The highest BCUT2D eigenvalue weighted by atomic mass is 16.5. The summed E-state index contributed by atoms with van der Waals surface area (Å²) in [6.07, 6.45) is 4.60. The van der Waals surface area contributed by atoms with Gasteiger partial charge in [0.15, 0.2) is 0 Å². The van der Waals surface area contributed by atoms with Gasteiger partial charge in [0.2, 0.25) is 0 Å². The second-order valence-electron chi connectivity index (χ2n) is 4.36. The lowest BCUT2D eigenvalue weighted by atomic mass is 10.2. The maximum atomic E-state index is 12.1. The van der Waals surface area contributed by atoms with Crippen LogP contribution in [-0.4, -0.2) is 34.9 Å². The molecule has 94 valence electrons. The van der Waals surface area contributed by atoms with Gasteiger partial charge in [-0.15, -0.1) is 0 Å². The molecule has 6 heteroatoms. The molecule has 0 saturated heterocycles. The van der Waals surface area contributed by atoms with Crippen molar-refractivity contribution in [3.8, 4) is 0 Å². The fraction of sp³-hybridized carbons (Fsp3) is 0.636. The zero-order valence-corrected chi connectivity index (χ0v) is 10.1. The van der Waals surface area contributed by atoms with E-state index in [1.165, 1.54) is 10.9 Å². The van der Waals surface area contributed by atoms with E-state index in [2.05, 4.69) is 10.4 Å². The first-order valence-electron chi connectivity index (χ1n) is 5.74. The van der Waals surface area contributed by atoms with E-state index in [4.69, 9.17) is 10.5 Å². The second-order valence-corrected chi connectivity index (χ2v) is 4.36. The Bertz CT molecular complexity index is 396. The summed E-state index contributed by atoms with van der Waals surface area (Å²) in [6.45, 7) is 0. The first-order valence-corrected chi connectivity index (χ1v) is 5.74. The maximum Gasteiger partial charge on any atom is 0.271 e. The largest absolute Gasteiger partial charge is 0.396 e. The van der Waals surface area contributed by atoms with Gasteiger partial charge in [-0.25, -0.2) is 0 Å². The number of aryl methyl sites for hydroxylation is 1. The van der Waals surface area contributed by atoms with Gasteiger partial charge in [0.1, 0.15) is 5.69 Å². The van der Waals surface area contributed by atoms with Gasteiger partial charge in [-0.1, -0.05) is 0 Å². The Hall–Kier alpha value is -1.56. The first-order chi connectivity index (χ1) is 8.13. The maximum absolute atomic E-state index is 12.1. The highest BCUT2D eigenvalue weighted by Crippen LogP contribution is 2.22. The number of methoxy groups -OCH3 is 1. The van der Waals surface area contributed by atoms with E-state index in [9.17, 15) is 4.79 Å². The van der Waals surface area contributed by atoms with Crippen molar-refractivity contribution in [3.05, 3.63) is 11.9 Å². The van der Waals surface area contributed by atoms with Crippen LogP contribution in [0.5, 0.6) is 0 Å². The minimum absolute atomic E-state index is 0.0711. The molecule has 1 fully saturated rings. The minimum atomic E-state index is -0.184. The van der Waals surface area contributed by atoms with Gasteiger partial charge in [-0.3, -0.25) is 9.48 Å². The summed E-state index contributed by atoms with van der Waals surface area (Å²) in [5.41, 5.74) is 6.52. The number of nitrogens with zero attached hydrogens (tertiary/aromatic N) is 2. The van der Waals surface area contributed by atoms with Gasteiger partial charge in [0.25, 0.3) is 5.91 Å². The van der Waals surface area contributed by atoms with Gasteiger partial charge in [-0.05, 0) is 19.3 Å². The molecule has 0 spiro atoms. The molecule has 1 aliphatic rings. The number of nitrogen functional groups attached to an aromatic ring is 1. The summed E-state index contributed by atoms with van der Waals surface area (Å²) in [5.74, 6) is -0.184. The van der Waals surface area contributed by atoms with Crippen molar-refractivity contribution in [2.45, 2.75) is 31.4 Å². The van der Waals surface area contributed by atoms with Crippen molar-refractivity contribution in [2.75, 3.05) is 12.8 Å². The van der Waals surface area contributed by atoms with E-state index < -0.39 is 0 Å². The quantitative estimate of drug-likeness (QED) is 0.793. The zero-order valence-electron chi connectivity index (χ0n) is 10.1. The Labute approximate surface area is 100 Å². The molecule has 0 radical (unpaired) electrons. The summed E-state index contributed by atoms with van der Waals surface area (Å²) in [7, 11) is 3.38. The van der Waals surface area contributed by atoms with Crippen molar-refractivity contribution in [1.82, 2.24) is 15.1 Å². The molecule has 0 aliphatic heterocycles. The van der Waals surface area contributed by atoms with E-state index in [0.717, 1.165) is 19.3 Å². The summed E-state index contributed by atoms with van der Waals surface area (Å²) in [6, 6.07) is 0.0711. The molecule has 1 aromatic rings. The van der Waals surface area contributed by atoms with Crippen LogP contribution in [0.1, 0.15) is 29.8 Å². The molecule has 17 heavy (non-hydrogen) atoms. The molecular formula is C11H18N4O2. The van der Waals surface area contributed by atoms with E-state index in [-0.39, 0.29) is 18.1 Å². The Morgan fingerprint density at radius 3 is 3.00 bits per heavy atom. The van der Waals surface area contributed by atoms with E-state index in [1.54, 1.807) is 14.2 Å². The molecule has 1 aliphatic carbocycles. The predicted molar refractivity (Wildman–Crippen MR) is 63.5 cm³/mol. The summed E-state index contributed by atoms with van der Waals surface area (Å²) in [4.78, 5) is 12.1. The predicted octanol–water partition coefficient (Wildman–Crippen LogP) is 0.300. The molecule has 1 saturated carbocycles. The number of anilines is 1. The Morgan fingerprint density at radius 1 is 1.65 bits per heavy atom. The number of amides is 1. The Kier molecular flexibility index (Phi) is 3.33. The van der Waals surface area contributed by atoms with Crippen LogP contribution in [0.4, 0.5) is 5.69 Å². The zero-order chi connectivity index (χ0) is 12.4. The fourth-order valence-electron chi connectivity index (χ4n) is 2.34. The molecule has 3 N–H and O–H groups in total. The van der Waals surface area contributed by atoms with Crippen LogP contribution in [-0.2, 0) is 11.8 Å². The number of aromatic nitrogens is 2. The lowest BCUT2D eigenvalue weighted by Crippen LogP contribution is -2.41. The summed E-state index contributed by atoms with van der Waals surface area (Å²) in [5, 5.41) is 6.91. The second kappa shape index (κ2) is 4.75. The lowest BCUT2D eigenvalue weighted by Gasteiger charge is -2.19. The molecule has 1 amide bonds. The third-order valence-corrected chi connectivity index (χ3v) is 3.25. The van der Waals surface area contributed by atoms with Crippen molar-refractivity contribution in [2.24, 2.45) is 7.05 Å². The van der Waals surface area contributed by atoms with Crippen molar-refractivity contribution in [3.63, 3.8) is 0 Å². The third kappa shape index (κ3) is 2.26. The van der Waals surface area contributed by atoms with E-state index in [0.29, 0.717) is 11.4 Å². The number of nitrogens with one attached hydrogen (secondary N) is 1. The molecular weight excluding hydrogens is 220 g/mol. The number of hydrogen-bond donors (Lipinski definition) is 2. The van der Waals surface area contributed by atoms with Crippen LogP contribution in [0, 0.1) is 0 Å². The van der Waals surface area contributed by atoms with Gasteiger partial charge in [0, 0.05) is 14.2 Å². The molecule has 0 bridgehead atoms. The number of carbonyl (C=O) groups excluding carboxylic acids is 1. The van der Waals surface area contributed by atoms with E-state index in [1.807, 2.05) is 0 Å². The Morgan fingerprint density at radius 2 is 2.41 bits per heavy atom. The number of carbonyl (C=O) groups is 1. The van der Waals surface area contributed by atoms with Crippen molar-refractivity contribution >= 4 is 11.6 Å². The van der Waals surface area contributed by atoms with Crippen LogP contribution < -0.4 is 11.1 Å². The van der Waals surface area contributed by atoms with Crippen LogP contribution >= 0.6 is 0 Å². The van der Waals surface area contributed by atoms with Crippen molar-refractivity contribution in [1.29, 1.82) is 0 Å². The molecule has 2 unspecified atom stereocenters. The monoisotopic (exact) mass is 238 g/mol. The molecule has 0 aromatic carbocycles. The lowest BCUT2D eigenvalue weighted by molar-refractivity contribution is 0.0717. The smallest absolute Gasteiger partial charge is 0.271 e. The number of nitrogens with two attached hydrogens (primary N) is 1. The number of rotatable bonds is 3. The normalized spacial score (nSPS) is 23.9. The van der Waals surface area contributed by atoms with Crippen molar-refractivity contribution < 1.29 is 9.53 Å². The minimum Gasteiger partial charge on any atom is -0.396 e. The molecule has 1 aromatic heterocycles. The van der Waals surface area contributed by atoms with Crippen LogP contribution in [0.2, 0.25) is 0 Å². The van der Waals surface area contributed by atoms with Crippen LogP contribution in [0.25, 0.3) is 0 Å². The first kappa shape index (κ1) is 11.9. The summed E-state index contributed by atoms with van der Waals surface area (Å²) < 4.78 is 6.82. The third-order valence-electron chi connectivity index (χ3n) is 3.25. The molecule has 2 rings (SSSR count). The van der Waals surface area contributed by atoms with Gasteiger partial charge < -0.3 is 15.8 Å². The topological polar surface area (TPSA) is 82.2 Å². The number of hydrogen-bond acceptors (Lipinski definition) is 4. The van der Waals surface area contributed by atoms with Gasteiger partial charge in [-0.2, -0.15) is 5.10 Å². The Balaban J connectivity index is 2.07. The fourth-order valence-corrected chi connectivity index (χ4v) is 2.34. The average Bonchev–Trinajstić information content (AvgIpc) is 2.85. The SMILES string of the molecule is COC1CCCC1NC(=O)c1c(N)cnn1C. The molecule has 2 atom stereocenters. The highest BCUT2D eigenvalue weighted by molar-refractivity contribution is 5.97. The van der Waals surface area contributed by atoms with Crippen LogP contribution in [0.3, 0.4) is 0 Å². The van der Waals surface area contributed by atoms with Gasteiger partial charge in [0.05, 0.1) is 24.0 Å². The standard InChI is InChI=1S/C11H18N4O2/c1-15-10(7(12)6-13-15)11(16)14-8-4-3-5-9(8)17-2/h6,8-9H,3-5,12H2,1-2H3,(H,14,16). The van der Waals surface area contributed by atoms with Gasteiger partial charge >= 0.3 is 0 Å². The van der Waals surface area contributed by atoms with Crippen LogP contribution in [0.15, 0.2) is 6.20 Å². The number of ether oxygens (including phenoxy) is 1. The molecule has 6 nitrogen and oxygen atoms in total. The average molecular weight is 238 g/mol. The van der Waals surface area contributed by atoms with E-state index >= 15 is 0 Å². The summed E-state index contributed by atoms with van der Waals surface area (Å²) >= 11 is 0. The molecule has 1 heterocycles. The highest BCUT2D eigenvalue weighted by Gasteiger charge is 2.29.